The quantitative estimate of drug-likeness (QED) is 0.566. The maximum atomic E-state index is 12.7. The van der Waals surface area contributed by atoms with E-state index in [1.807, 2.05) is 30.3 Å². The van der Waals surface area contributed by atoms with Gasteiger partial charge in [-0.2, -0.15) is 0 Å². The minimum atomic E-state index is 0.000984. The molecule has 2 nitrogen and oxygen atoms in total. The van der Waals surface area contributed by atoms with E-state index in [9.17, 15) is 4.79 Å². The predicted molar refractivity (Wildman–Crippen MR) is 102 cm³/mol. The standard InChI is InChI=1S/C20H24O2S2/c21-19(22-14-15-6-2-1-3-7-15)17-9-4-8-16-12-20(13-18(16)17)23-10-5-11-24-20/h1-4,6-8,16-18H,5,9-14H2/t16-,17-,18-/m1/s1. The van der Waals surface area contributed by atoms with Gasteiger partial charge >= 0.3 is 5.97 Å². The number of esters is 1. The Labute approximate surface area is 152 Å². The predicted octanol–water partition coefficient (Wildman–Crippen LogP) is 4.90. The van der Waals surface area contributed by atoms with Crippen LogP contribution in [0.3, 0.4) is 0 Å². The second-order valence-corrected chi connectivity index (χ2v) is 10.3. The third kappa shape index (κ3) is 3.41. The Morgan fingerprint density at radius 2 is 1.96 bits per heavy atom. The molecule has 4 rings (SSSR count). The van der Waals surface area contributed by atoms with Crippen LogP contribution in [-0.4, -0.2) is 21.6 Å². The highest BCUT2D eigenvalue weighted by Gasteiger charge is 2.51. The van der Waals surface area contributed by atoms with E-state index in [2.05, 4.69) is 35.7 Å². The number of fused-ring (bicyclic) bond motifs is 1. The average Bonchev–Trinajstić information content (AvgIpc) is 2.98. The molecule has 24 heavy (non-hydrogen) atoms. The lowest BCUT2D eigenvalue weighted by Crippen LogP contribution is -2.30. The summed E-state index contributed by atoms with van der Waals surface area (Å²) in [6.45, 7) is 0.395. The van der Waals surface area contributed by atoms with Gasteiger partial charge in [-0.1, -0.05) is 42.5 Å². The molecule has 0 aromatic heterocycles. The number of allylic oxidation sites excluding steroid dienone is 2. The van der Waals surface area contributed by atoms with E-state index in [0.29, 0.717) is 22.5 Å². The molecule has 2 aliphatic carbocycles. The zero-order chi connectivity index (χ0) is 16.4. The van der Waals surface area contributed by atoms with Crippen LogP contribution in [0.4, 0.5) is 0 Å². The van der Waals surface area contributed by atoms with Crippen LogP contribution in [0.2, 0.25) is 0 Å². The molecule has 3 atom stereocenters. The molecule has 1 aliphatic heterocycles. The summed E-state index contributed by atoms with van der Waals surface area (Å²) in [5, 5.41) is 0. The van der Waals surface area contributed by atoms with Crippen molar-refractivity contribution in [2.45, 2.75) is 36.4 Å². The Morgan fingerprint density at radius 1 is 1.17 bits per heavy atom. The van der Waals surface area contributed by atoms with Crippen molar-refractivity contribution in [3.05, 3.63) is 48.0 Å². The lowest BCUT2D eigenvalue weighted by atomic mass is 9.78. The van der Waals surface area contributed by atoms with Crippen molar-refractivity contribution in [2.24, 2.45) is 17.8 Å². The second-order valence-electron chi connectivity index (χ2n) is 7.06. The number of carbonyl (C=O) groups is 1. The lowest BCUT2D eigenvalue weighted by molar-refractivity contribution is -0.152. The van der Waals surface area contributed by atoms with Crippen molar-refractivity contribution in [2.75, 3.05) is 11.5 Å². The fraction of sp³-hybridized carbons (Fsp3) is 0.550. The van der Waals surface area contributed by atoms with Crippen molar-refractivity contribution >= 4 is 29.5 Å². The van der Waals surface area contributed by atoms with E-state index < -0.39 is 0 Å². The van der Waals surface area contributed by atoms with E-state index in [1.54, 1.807) is 0 Å². The minimum Gasteiger partial charge on any atom is -0.461 e. The topological polar surface area (TPSA) is 26.3 Å². The van der Waals surface area contributed by atoms with Gasteiger partial charge in [0.05, 0.1) is 10.00 Å². The smallest absolute Gasteiger partial charge is 0.309 e. The summed E-state index contributed by atoms with van der Waals surface area (Å²) in [5.74, 6) is 3.63. The molecule has 1 spiro atoms. The maximum Gasteiger partial charge on any atom is 0.309 e. The lowest BCUT2D eigenvalue weighted by Gasteiger charge is -2.32. The summed E-state index contributed by atoms with van der Waals surface area (Å²) < 4.78 is 6.03. The van der Waals surface area contributed by atoms with Gasteiger partial charge in [0.2, 0.25) is 0 Å². The Hall–Kier alpha value is -0.870. The van der Waals surface area contributed by atoms with Gasteiger partial charge in [-0.25, -0.2) is 0 Å². The van der Waals surface area contributed by atoms with Crippen molar-refractivity contribution in [1.82, 2.24) is 0 Å². The van der Waals surface area contributed by atoms with Crippen LogP contribution < -0.4 is 0 Å². The first-order chi connectivity index (χ1) is 11.8. The Balaban J connectivity index is 1.41. The van der Waals surface area contributed by atoms with Gasteiger partial charge in [-0.15, -0.1) is 23.5 Å². The molecule has 2 fully saturated rings. The zero-order valence-corrected chi connectivity index (χ0v) is 15.5. The number of benzene rings is 1. The summed E-state index contributed by atoms with van der Waals surface area (Å²) in [6, 6.07) is 9.98. The number of hydrogen-bond acceptors (Lipinski definition) is 4. The van der Waals surface area contributed by atoms with Gasteiger partial charge in [-0.05, 0) is 54.6 Å². The third-order valence-corrected chi connectivity index (χ3v) is 8.89. The molecule has 0 N–H and O–H groups in total. The van der Waals surface area contributed by atoms with Gasteiger partial charge in [0.25, 0.3) is 0 Å². The third-order valence-electron chi connectivity index (χ3n) is 5.48. The molecule has 0 amide bonds. The molecule has 1 aromatic carbocycles. The number of rotatable bonds is 3. The van der Waals surface area contributed by atoms with Crippen LogP contribution in [-0.2, 0) is 16.1 Å². The molecule has 128 valence electrons. The summed E-state index contributed by atoms with van der Waals surface area (Å²) in [4.78, 5) is 12.7. The van der Waals surface area contributed by atoms with Gasteiger partial charge in [-0.3, -0.25) is 4.79 Å². The van der Waals surface area contributed by atoms with Gasteiger partial charge in [0, 0.05) is 0 Å². The highest BCUT2D eigenvalue weighted by molar-refractivity contribution is 8.18. The molecule has 4 heteroatoms. The van der Waals surface area contributed by atoms with Crippen molar-refractivity contribution in [1.29, 1.82) is 0 Å². The first-order valence-corrected chi connectivity index (χ1v) is 10.9. The molecular formula is C20H24O2S2. The van der Waals surface area contributed by atoms with Crippen LogP contribution in [0.5, 0.6) is 0 Å². The Morgan fingerprint density at radius 3 is 2.75 bits per heavy atom. The molecule has 1 aromatic rings. The molecule has 1 heterocycles. The normalized spacial score (nSPS) is 30.9. The van der Waals surface area contributed by atoms with Gasteiger partial charge in [0.15, 0.2) is 0 Å². The maximum absolute atomic E-state index is 12.7. The molecule has 1 saturated carbocycles. The van der Waals surface area contributed by atoms with Crippen LogP contribution >= 0.6 is 23.5 Å². The number of hydrogen-bond donors (Lipinski definition) is 0. The fourth-order valence-corrected chi connectivity index (χ4v) is 7.87. The van der Waals surface area contributed by atoms with Crippen LogP contribution in [0.15, 0.2) is 42.5 Å². The number of ether oxygens (including phenoxy) is 1. The summed E-state index contributed by atoms with van der Waals surface area (Å²) in [6.07, 6.45) is 9.16. The van der Waals surface area contributed by atoms with Crippen molar-refractivity contribution < 1.29 is 9.53 Å². The highest BCUT2D eigenvalue weighted by atomic mass is 32.2. The van der Waals surface area contributed by atoms with E-state index >= 15 is 0 Å². The van der Waals surface area contributed by atoms with E-state index in [0.717, 1.165) is 12.0 Å². The largest absolute Gasteiger partial charge is 0.461 e. The van der Waals surface area contributed by atoms with Gasteiger partial charge < -0.3 is 4.74 Å². The fourth-order valence-electron chi connectivity index (χ4n) is 4.29. The van der Waals surface area contributed by atoms with E-state index in [-0.39, 0.29) is 11.9 Å². The molecular weight excluding hydrogens is 336 g/mol. The second kappa shape index (κ2) is 7.17. The summed E-state index contributed by atoms with van der Waals surface area (Å²) >= 11 is 4.28. The minimum absolute atomic E-state index is 0.000984. The zero-order valence-electron chi connectivity index (χ0n) is 13.9. The Kier molecular flexibility index (Phi) is 4.95. The number of thioether (sulfide) groups is 2. The first-order valence-electron chi connectivity index (χ1n) is 8.91. The molecule has 1 saturated heterocycles. The van der Waals surface area contributed by atoms with Crippen molar-refractivity contribution in [3.63, 3.8) is 0 Å². The van der Waals surface area contributed by atoms with Crippen LogP contribution in [0, 0.1) is 17.8 Å². The van der Waals surface area contributed by atoms with Crippen LogP contribution in [0.25, 0.3) is 0 Å². The van der Waals surface area contributed by atoms with Crippen molar-refractivity contribution in [3.8, 4) is 0 Å². The van der Waals surface area contributed by atoms with E-state index in [1.165, 1.54) is 30.8 Å². The molecule has 0 bridgehead atoms. The van der Waals surface area contributed by atoms with Gasteiger partial charge in [0.1, 0.15) is 6.61 Å². The molecule has 0 unspecified atom stereocenters. The summed E-state index contributed by atoms with van der Waals surface area (Å²) in [5.41, 5.74) is 1.06. The average molecular weight is 361 g/mol. The Bertz CT molecular complexity index is 607. The molecule has 0 radical (unpaired) electrons. The number of carbonyl (C=O) groups excluding carboxylic acids is 1. The SMILES string of the molecule is O=C(OCc1ccccc1)[C@@H]1CC=C[C@@H]2CC3(C[C@H]21)SCCCS3. The monoisotopic (exact) mass is 360 g/mol. The van der Waals surface area contributed by atoms with Crippen LogP contribution in [0.1, 0.15) is 31.2 Å². The first kappa shape index (κ1) is 16.6. The molecule has 3 aliphatic rings. The van der Waals surface area contributed by atoms with E-state index in [4.69, 9.17) is 4.74 Å². The highest BCUT2D eigenvalue weighted by Crippen LogP contribution is 2.59. The summed E-state index contributed by atoms with van der Waals surface area (Å²) in [7, 11) is 0.